The second kappa shape index (κ2) is 46.6. The molecule has 54 heavy (non-hydrogen) atoms. The van der Waals surface area contributed by atoms with Crippen molar-refractivity contribution in [3.63, 3.8) is 0 Å². The fourth-order valence-electron chi connectivity index (χ4n) is 3.10. The third-order valence-electron chi connectivity index (χ3n) is 5.02. The number of nitrogens with zero attached hydrogens (tertiary/aromatic N) is 8. The zero-order valence-corrected chi connectivity index (χ0v) is 33.8. The Balaban J connectivity index is -0.000000149. The van der Waals surface area contributed by atoms with Crippen LogP contribution >= 0.6 is 0 Å². The Morgan fingerprint density at radius 1 is 0.630 bits per heavy atom. The van der Waals surface area contributed by atoms with Crippen LogP contribution in [0.15, 0.2) is 58.8 Å². The molecular formula is C30H48Cl2N10Ni2O10. The number of rotatable bonds is 18. The first-order chi connectivity index (χ1) is 24.4. The Morgan fingerprint density at radius 2 is 0.907 bits per heavy atom. The van der Waals surface area contributed by atoms with Crippen molar-refractivity contribution in [2.45, 2.75) is 25.7 Å². The van der Waals surface area contributed by atoms with E-state index < -0.39 is 20.5 Å². The van der Waals surface area contributed by atoms with Crippen molar-refractivity contribution in [3.8, 4) is 0 Å². The molecule has 0 saturated heterocycles. The number of hydrogen-bond donors (Lipinski definition) is 2. The maximum atomic E-state index is 8.49. The van der Waals surface area contributed by atoms with Crippen molar-refractivity contribution < 1.29 is 100 Å². The van der Waals surface area contributed by atoms with E-state index in [1.807, 2.05) is 48.8 Å². The van der Waals surface area contributed by atoms with Gasteiger partial charge in [0.05, 0.1) is 11.4 Å². The normalized spacial score (nSPS) is 10.2. The molecule has 2 aromatic rings. The van der Waals surface area contributed by atoms with Gasteiger partial charge in [-0.15, -0.1) is 20.5 Å². The smallest absolute Gasteiger partial charge is 0.724 e. The van der Waals surface area contributed by atoms with E-state index >= 15 is 0 Å². The molecule has 0 aromatic carbocycles. The Kier molecular flexibility index (Phi) is 54.8. The van der Waals surface area contributed by atoms with Crippen LogP contribution in [0.3, 0.4) is 0 Å². The van der Waals surface area contributed by atoms with Gasteiger partial charge in [0, 0.05) is 37.9 Å². The summed E-state index contributed by atoms with van der Waals surface area (Å²) in [5.41, 5.74) is 1.85. The van der Waals surface area contributed by atoms with Gasteiger partial charge in [0.15, 0.2) is 0 Å². The molecule has 0 fully saturated rings. The van der Waals surface area contributed by atoms with Crippen LogP contribution in [0.5, 0.6) is 0 Å². The number of carbonyl (C=O) groups excluding carboxylic acids is 2. The molecule has 0 radical (unpaired) electrons. The van der Waals surface area contributed by atoms with Gasteiger partial charge in [0.2, 0.25) is 0 Å². The molecule has 2 N–H and O–H groups in total. The minimum Gasteiger partial charge on any atom is -0.724 e. The first-order valence-electron chi connectivity index (χ1n) is 15.2. The molecule has 0 aliphatic carbocycles. The van der Waals surface area contributed by atoms with E-state index in [2.05, 4.69) is 68.6 Å². The fraction of sp³-hybridized carbons (Fsp3) is 0.533. The van der Waals surface area contributed by atoms with Crippen molar-refractivity contribution in [2.24, 2.45) is 9.98 Å². The molecule has 0 unspecified atom stereocenters. The summed E-state index contributed by atoms with van der Waals surface area (Å²) in [7, 11) is -1.47. The predicted molar refractivity (Wildman–Crippen MR) is 173 cm³/mol. The quantitative estimate of drug-likeness (QED) is 0.0608. The summed E-state index contributed by atoms with van der Waals surface area (Å²) >= 11 is 0. The van der Waals surface area contributed by atoms with Crippen LogP contribution < -0.4 is 47.9 Å². The SMILES string of the molecule is CN(C)CCCNCCCN=Cc1ccccn1.CN(C)CCCNCCCN=Cc1ccccn1.[N-]=C=O.[N-]=C=O.[Ni+2].[Ni+2].[O-][Cl+3]([O-])([O-])[O-].[O-][Cl+3]([O-])([O-])[O-]. The average Bonchev–Trinajstić information content (AvgIpc) is 3.03. The zero-order chi connectivity index (χ0) is 40.5. The maximum Gasteiger partial charge on any atom is 2.00 e. The topological polar surface area (TPSA) is 344 Å². The summed E-state index contributed by atoms with van der Waals surface area (Å²) in [5, 5.41) is 20.4. The van der Waals surface area contributed by atoms with Crippen LogP contribution in [-0.4, -0.2) is 125 Å². The molecule has 20 nitrogen and oxygen atoms in total. The molecule has 0 aliphatic rings. The van der Waals surface area contributed by atoms with Crippen LogP contribution in [0.2, 0.25) is 0 Å². The van der Waals surface area contributed by atoms with Crippen molar-refractivity contribution in [2.75, 3.05) is 80.5 Å². The molecule has 0 atom stereocenters. The van der Waals surface area contributed by atoms with Crippen LogP contribution in [0.25, 0.3) is 10.8 Å². The van der Waals surface area contributed by atoms with E-state index in [9.17, 15) is 0 Å². The third kappa shape index (κ3) is 82.8. The Hall–Kier alpha value is -2.51. The monoisotopic (exact) mass is 894 g/mol. The van der Waals surface area contributed by atoms with Gasteiger partial charge in [-0.25, -0.2) is 37.3 Å². The molecule has 2 rings (SSSR count). The number of hydrogen-bond acceptors (Lipinski definition) is 18. The maximum absolute atomic E-state index is 8.49. The summed E-state index contributed by atoms with van der Waals surface area (Å²) in [6.07, 6.45) is 12.8. The summed E-state index contributed by atoms with van der Waals surface area (Å²) in [4.78, 5) is 38.0. The minimum atomic E-state index is -4.94. The fourth-order valence-corrected chi connectivity index (χ4v) is 3.10. The zero-order valence-electron chi connectivity index (χ0n) is 30.3. The molecule has 2 heterocycles. The van der Waals surface area contributed by atoms with Crippen molar-refractivity contribution in [1.29, 1.82) is 0 Å². The van der Waals surface area contributed by atoms with Gasteiger partial charge in [-0.05, 0) is 130 Å². The molecular weight excluding hydrogens is 849 g/mol. The van der Waals surface area contributed by atoms with E-state index in [1.54, 1.807) is 12.4 Å². The van der Waals surface area contributed by atoms with E-state index in [0.29, 0.717) is 12.2 Å². The largest absolute Gasteiger partial charge is 2.00 e. The van der Waals surface area contributed by atoms with E-state index in [1.165, 1.54) is 12.8 Å². The van der Waals surface area contributed by atoms with Gasteiger partial charge >= 0.3 is 33.0 Å². The number of nitrogens with one attached hydrogen (secondary N) is 2. The molecule has 0 bridgehead atoms. The summed E-state index contributed by atoms with van der Waals surface area (Å²) in [5.74, 6) is 0. The van der Waals surface area contributed by atoms with Crippen LogP contribution in [0.1, 0.15) is 37.1 Å². The van der Waals surface area contributed by atoms with E-state index in [-0.39, 0.29) is 33.0 Å². The second-order valence-corrected chi connectivity index (χ2v) is 11.6. The number of halogens is 2. The average molecular weight is 897 g/mol. The van der Waals surface area contributed by atoms with E-state index in [0.717, 1.165) is 76.6 Å². The first-order valence-corrected chi connectivity index (χ1v) is 17.7. The number of pyridine rings is 2. The van der Waals surface area contributed by atoms with Gasteiger partial charge in [0.1, 0.15) is 0 Å². The molecule has 0 aliphatic heterocycles. The van der Waals surface area contributed by atoms with Crippen LogP contribution in [0, 0.1) is 20.5 Å². The van der Waals surface area contributed by atoms with Crippen LogP contribution in [0.4, 0.5) is 0 Å². The Labute approximate surface area is 341 Å². The van der Waals surface area contributed by atoms with E-state index in [4.69, 9.17) is 57.7 Å². The molecule has 0 saturated carbocycles. The van der Waals surface area contributed by atoms with Gasteiger partial charge in [-0.2, -0.15) is 0 Å². The standard InChI is InChI=1S/2C14H24N4.2CNO.2ClHO4.2Ni/c2*1-18(2)12-6-10-15-8-5-9-16-13-14-7-3-4-11-17-14;2*2-1-3;2*2-1(3,4)5;;/h2*3-4,7,11,13,15H,5-6,8-10,12H2,1-2H3;;;2*(H,2,3,4,5);;/q;;2*-1;;;2*+2/p-2. The molecule has 0 spiro atoms. The van der Waals surface area contributed by atoms with Gasteiger partial charge in [0.25, 0.3) is 0 Å². The molecule has 312 valence electrons. The predicted octanol–water partition coefficient (Wildman–Crippen LogP) is -6.87. The Bertz CT molecular complexity index is 1070. The Morgan fingerprint density at radius 3 is 1.15 bits per heavy atom. The van der Waals surface area contributed by atoms with Crippen molar-refractivity contribution >= 4 is 24.6 Å². The van der Waals surface area contributed by atoms with Crippen molar-refractivity contribution in [1.82, 2.24) is 30.4 Å². The van der Waals surface area contributed by atoms with Gasteiger partial charge in [-0.1, -0.05) is 12.1 Å². The minimum absolute atomic E-state index is 0. The van der Waals surface area contributed by atoms with Gasteiger partial charge < -0.3 is 31.3 Å². The summed E-state index contributed by atoms with van der Waals surface area (Å²) < 4.78 is 67.9. The summed E-state index contributed by atoms with van der Waals surface area (Å²) in [6.45, 7) is 8.24. The second-order valence-electron chi connectivity index (χ2n) is 10.0. The third-order valence-corrected chi connectivity index (χ3v) is 5.02. The summed E-state index contributed by atoms with van der Waals surface area (Å²) in [6, 6.07) is 11.7. The molecule has 2 aromatic heterocycles. The number of aromatic nitrogens is 2. The number of aliphatic imine (C=N–C) groups is 2. The number of isocyanates is 2. The van der Waals surface area contributed by atoms with Gasteiger partial charge in [-0.3, -0.25) is 29.5 Å². The molecule has 24 heteroatoms. The van der Waals surface area contributed by atoms with Crippen molar-refractivity contribution in [3.05, 3.63) is 71.0 Å². The first kappa shape index (κ1) is 63.4. The van der Waals surface area contributed by atoms with Crippen LogP contribution in [-0.2, 0) is 42.6 Å². The molecule has 0 amide bonds.